The maximum absolute atomic E-state index is 13.2. The molecule has 0 atom stereocenters. The highest BCUT2D eigenvalue weighted by atomic mass is 19.4. The van der Waals surface area contributed by atoms with Crippen molar-refractivity contribution in [1.29, 1.82) is 5.26 Å². The first-order valence-corrected chi connectivity index (χ1v) is 6.71. The Kier molecular flexibility index (Phi) is 3.99. The molecule has 0 fully saturated rings. The van der Waals surface area contributed by atoms with Gasteiger partial charge in [0.25, 0.3) is 0 Å². The van der Waals surface area contributed by atoms with Gasteiger partial charge in [0.05, 0.1) is 28.9 Å². The van der Waals surface area contributed by atoms with Crippen LogP contribution in [0.5, 0.6) is 0 Å². The van der Waals surface area contributed by atoms with Crippen LogP contribution in [0.4, 0.5) is 18.9 Å². The van der Waals surface area contributed by atoms with Gasteiger partial charge in [0.2, 0.25) is 0 Å². The monoisotopic (exact) mass is 325 g/mol. The average molecular weight is 325 g/mol. The molecule has 0 aliphatic rings. The molecule has 0 unspecified atom stereocenters. The normalized spacial score (nSPS) is 11.5. The molecular weight excluding hydrogens is 311 g/mol. The van der Waals surface area contributed by atoms with Crippen LogP contribution in [0.3, 0.4) is 0 Å². The minimum atomic E-state index is -4.69. The standard InChI is InChI=1S/C15H14F3N3O2/c1-4-23-14(22)13-11(20)10-7(2)5-9(15(16,17)18)8(6-19)12(10)21(13)3/h5H,4,20H2,1-3H3. The third kappa shape index (κ3) is 2.48. The summed E-state index contributed by atoms with van der Waals surface area (Å²) in [6.07, 6.45) is -4.69. The molecule has 0 spiro atoms. The molecular formula is C15H14F3N3O2. The van der Waals surface area contributed by atoms with Gasteiger partial charge in [-0.2, -0.15) is 18.4 Å². The summed E-state index contributed by atoms with van der Waals surface area (Å²) in [5.74, 6) is -0.749. The molecule has 1 aromatic carbocycles. The van der Waals surface area contributed by atoms with Crippen molar-refractivity contribution >= 4 is 22.6 Å². The Morgan fingerprint density at radius 2 is 2.09 bits per heavy atom. The molecule has 2 rings (SSSR count). The van der Waals surface area contributed by atoms with E-state index in [1.54, 1.807) is 13.0 Å². The minimum Gasteiger partial charge on any atom is -0.461 e. The SMILES string of the molecule is CCOC(=O)c1c(N)c2c(C)cc(C(F)(F)F)c(C#N)c2n1C. The van der Waals surface area contributed by atoms with E-state index in [4.69, 9.17) is 10.5 Å². The quantitative estimate of drug-likeness (QED) is 0.860. The molecule has 0 saturated heterocycles. The Morgan fingerprint density at radius 1 is 1.48 bits per heavy atom. The van der Waals surface area contributed by atoms with E-state index in [9.17, 15) is 23.2 Å². The molecule has 2 aromatic rings. The molecule has 0 amide bonds. The van der Waals surface area contributed by atoms with E-state index in [-0.39, 0.29) is 34.5 Å². The van der Waals surface area contributed by atoms with Crippen molar-refractivity contribution in [3.05, 3.63) is 28.5 Å². The van der Waals surface area contributed by atoms with Gasteiger partial charge in [-0.3, -0.25) is 0 Å². The van der Waals surface area contributed by atoms with E-state index >= 15 is 0 Å². The third-order valence-electron chi connectivity index (χ3n) is 3.58. The van der Waals surface area contributed by atoms with Crippen LogP contribution in [-0.2, 0) is 18.0 Å². The number of nitrogens with two attached hydrogens (primary N) is 1. The van der Waals surface area contributed by atoms with Crippen LogP contribution in [0, 0.1) is 18.3 Å². The first-order chi connectivity index (χ1) is 10.6. The van der Waals surface area contributed by atoms with Gasteiger partial charge in [-0.25, -0.2) is 4.79 Å². The summed E-state index contributed by atoms with van der Waals surface area (Å²) in [6.45, 7) is 3.15. The number of nitriles is 1. The Balaban J connectivity index is 2.98. The molecule has 0 aliphatic heterocycles. The zero-order chi connectivity index (χ0) is 17.5. The number of fused-ring (bicyclic) bond motifs is 1. The number of hydrogen-bond donors (Lipinski definition) is 1. The summed E-state index contributed by atoms with van der Waals surface area (Å²) in [5, 5.41) is 9.47. The first-order valence-electron chi connectivity index (χ1n) is 6.71. The average Bonchev–Trinajstić information content (AvgIpc) is 2.70. The van der Waals surface area contributed by atoms with Gasteiger partial charge in [0, 0.05) is 12.4 Å². The molecule has 1 heterocycles. The number of halogens is 3. The lowest BCUT2D eigenvalue weighted by Crippen LogP contribution is -2.12. The molecule has 8 heteroatoms. The number of aryl methyl sites for hydroxylation is 2. The van der Waals surface area contributed by atoms with Gasteiger partial charge < -0.3 is 15.0 Å². The van der Waals surface area contributed by atoms with Crippen LogP contribution in [0.2, 0.25) is 0 Å². The van der Waals surface area contributed by atoms with Crippen molar-refractivity contribution in [2.75, 3.05) is 12.3 Å². The lowest BCUT2D eigenvalue weighted by atomic mass is 9.99. The molecule has 0 aliphatic carbocycles. The summed E-state index contributed by atoms with van der Waals surface area (Å²) >= 11 is 0. The topological polar surface area (TPSA) is 81.0 Å². The van der Waals surface area contributed by atoms with E-state index in [0.717, 1.165) is 6.07 Å². The summed E-state index contributed by atoms with van der Waals surface area (Å²) in [6, 6.07) is 2.44. The van der Waals surface area contributed by atoms with Gasteiger partial charge in [-0.1, -0.05) is 0 Å². The van der Waals surface area contributed by atoms with Crippen LogP contribution in [0.25, 0.3) is 10.9 Å². The number of hydrogen-bond acceptors (Lipinski definition) is 4. The van der Waals surface area contributed by atoms with Crippen molar-refractivity contribution in [2.45, 2.75) is 20.0 Å². The van der Waals surface area contributed by atoms with Crippen molar-refractivity contribution in [2.24, 2.45) is 7.05 Å². The fourth-order valence-corrected chi connectivity index (χ4v) is 2.67. The molecule has 5 nitrogen and oxygen atoms in total. The third-order valence-corrected chi connectivity index (χ3v) is 3.58. The Morgan fingerprint density at radius 3 is 2.57 bits per heavy atom. The number of carbonyl (C=O) groups is 1. The summed E-state index contributed by atoms with van der Waals surface area (Å²) in [7, 11) is 1.38. The van der Waals surface area contributed by atoms with Gasteiger partial charge in [0.15, 0.2) is 5.69 Å². The van der Waals surface area contributed by atoms with Crippen LogP contribution in [0.15, 0.2) is 6.07 Å². The number of anilines is 1. The van der Waals surface area contributed by atoms with Crippen LogP contribution in [-0.4, -0.2) is 17.1 Å². The first kappa shape index (κ1) is 16.7. The lowest BCUT2D eigenvalue weighted by Gasteiger charge is -2.12. The maximum Gasteiger partial charge on any atom is 0.417 e. The second-order valence-corrected chi connectivity index (χ2v) is 4.99. The fraction of sp³-hybridized carbons (Fsp3) is 0.333. The molecule has 1 aromatic heterocycles. The van der Waals surface area contributed by atoms with E-state index in [2.05, 4.69) is 0 Å². The highest BCUT2D eigenvalue weighted by Crippen LogP contribution is 2.40. The minimum absolute atomic E-state index is 0.00340. The molecule has 0 bridgehead atoms. The number of benzene rings is 1. The van der Waals surface area contributed by atoms with Crippen molar-refractivity contribution < 1.29 is 22.7 Å². The Hall–Kier alpha value is -2.69. The highest BCUT2D eigenvalue weighted by molar-refractivity contribution is 6.09. The number of ether oxygens (including phenoxy) is 1. The maximum atomic E-state index is 13.2. The number of nitrogen functional groups attached to an aromatic ring is 1. The van der Waals surface area contributed by atoms with Gasteiger partial charge in [-0.05, 0) is 25.5 Å². The summed E-state index contributed by atoms with van der Waals surface area (Å²) < 4.78 is 45.6. The molecule has 122 valence electrons. The number of aromatic nitrogens is 1. The van der Waals surface area contributed by atoms with Crippen molar-refractivity contribution in [1.82, 2.24) is 4.57 Å². The lowest BCUT2D eigenvalue weighted by molar-refractivity contribution is -0.137. The van der Waals surface area contributed by atoms with Gasteiger partial charge >= 0.3 is 12.1 Å². The van der Waals surface area contributed by atoms with E-state index in [1.807, 2.05) is 0 Å². The number of carbonyl (C=O) groups excluding carboxylic acids is 1. The van der Waals surface area contributed by atoms with Crippen LogP contribution < -0.4 is 5.73 Å². The Bertz CT molecular complexity index is 845. The van der Waals surface area contributed by atoms with Crippen LogP contribution >= 0.6 is 0 Å². The van der Waals surface area contributed by atoms with E-state index < -0.39 is 23.3 Å². The van der Waals surface area contributed by atoms with E-state index in [0.29, 0.717) is 0 Å². The zero-order valence-corrected chi connectivity index (χ0v) is 12.7. The number of nitrogens with zero attached hydrogens (tertiary/aromatic N) is 2. The largest absolute Gasteiger partial charge is 0.461 e. The molecule has 0 radical (unpaired) electrons. The zero-order valence-electron chi connectivity index (χ0n) is 12.7. The van der Waals surface area contributed by atoms with Crippen LogP contribution in [0.1, 0.15) is 34.1 Å². The van der Waals surface area contributed by atoms with Gasteiger partial charge in [0.1, 0.15) is 6.07 Å². The van der Waals surface area contributed by atoms with Gasteiger partial charge in [-0.15, -0.1) is 0 Å². The number of esters is 1. The predicted molar refractivity (Wildman–Crippen MR) is 77.7 cm³/mol. The second kappa shape index (κ2) is 5.50. The number of alkyl halides is 3. The number of rotatable bonds is 2. The van der Waals surface area contributed by atoms with Crippen molar-refractivity contribution in [3.8, 4) is 6.07 Å². The Labute approximate surface area is 130 Å². The smallest absolute Gasteiger partial charge is 0.417 e. The molecule has 0 saturated carbocycles. The second-order valence-electron chi connectivity index (χ2n) is 4.99. The highest BCUT2D eigenvalue weighted by Gasteiger charge is 2.37. The van der Waals surface area contributed by atoms with E-state index in [1.165, 1.54) is 18.5 Å². The molecule has 23 heavy (non-hydrogen) atoms. The molecule has 2 N–H and O–H groups in total. The van der Waals surface area contributed by atoms with Crippen molar-refractivity contribution in [3.63, 3.8) is 0 Å². The fourth-order valence-electron chi connectivity index (χ4n) is 2.67. The predicted octanol–water partition coefficient (Wildman–Crippen LogP) is 3.14. The summed E-state index contributed by atoms with van der Waals surface area (Å²) in [4.78, 5) is 12.0. The summed E-state index contributed by atoms with van der Waals surface area (Å²) in [5.41, 5.74) is 4.46.